The molecule has 3 rings (SSSR count). The Bertz CT molecular complexity index is 900. The maximum atomic E-state index is 12.1. The van der Waals surface area contributed by atoms with E-state index in [9.17, 15) is 9.59 Å². The Morgan fingerprint density at radius 3 is 2.44 bits per heavy atom. The second-order valence-corrected chi connectivity index (χ2v) is 6.41. The summed E-state index contributed by atoms with van der Waals surface area (Å²) in [5, 5.41) is 4.90. The second kappa shape index (κ2) is 9.53. The Kier molecular flexibility index (Phi) is 6.58. The van der Waals surface area contributed by atoms with E-state index in [1.807, 2.05) is 60.7 Å². The molecule has 4 nitrogen and oxygen atoms in total. The van der Waals surface area contributed by atoms with E-state index in [0.29, 0.717) is 6.54 Å². The van der Waals surface area contributed by atoms with Gasteiger partial charge in [-0.3, -0.25) is 9.59 Å². The smallest absolute Gasteiger partial charge is 0.310 e. The first-order valence-electron chi connectivity index (χ1n) is 9.15. The minimum atomic E-state index is -0.397. The van der Waals surface area contributed by atoms with Gasteiger partial charge >= 0.3 is 5.97 Å². The molecule has 0 aliphatic rings. The highest BCUT2D eigenvalue weighted by molar-refractivity contribution is 5.89. The maximum Gasteiger partial charge on any atom is 0.310 e. The van der Waals surface area contributed by atoms with Gasteiger partial charge < -0.3 is 10.1 Å². The van der Waals surface area contributed by atoms with Gasteiger partial charge in [-0.25, -0.2) is 0 Å². The molecule has 4 heteroatoms. The molecule has 27 heavy (non-hydrogen) atoms. The Balaban J connectivity index is 1.39. The van der Waals surface area contributed by atoms with Crippen molar-refractivity contribution in [2.75, 3.05) is 13.2 Å². The van der Waals surface area contributed by atoms with Crippen LogP contribution in [0, 0.1) is 0 Å². The molecule has 3 aromatic carbocycles. The molecule has 3 aromatic rings. The predicted octanol–water partition coefficient (Wildman–Crippen LogP) is 3.67. The van der Waals surface area contributed by atoms with Gasteiger partial charge in [0.15, 0.2) is 6.61 Å². The lowest BCUT2D eigenvalue weighted by Crippen LogP contribution is -2.30. The quantitative estimate of drug-likeness (QED) is 0.492. The van der Waals surface area contributed by atoms with Crippen molar-refractivity contribution in [2.24, 2.45) is 0 Å². The molecule has 0 saturated carbocycles. The molecule has 0 aliphatic carbocycles. The molecule has 0 bridgehead atoms. The lowest BCUT2D eigenvalue weighted by Gasteiger charge is -2.08. The van der Waals surface area contributed by atoms with E-state index in [-0.39, 0.29) is 18.9 Å². The van der Waals surface area contributed by atoms with Crippen molar-refractivity contribution in [3.05, 3.63) is 83.9 Å². The van der Waals surface area contributed by atoms with Crippen LogP contribution in [0.15, 0.2) is 72.8 Å². The van der Waals surface area contributed by atoms with E-state index >= 15 is 0 Å². The fourth-order valence-electron chi connectivity index (χ4n) is 3.02. The van der Waals surface area contributed by atoms with Gasteiger partial charge in [0.05, 0.1) is 6.42 Å². The van der Waals surface area contributed by atoms with Crippen LogP contribution in [0.1, 0.15) is 17.5 Å². The molecule has 0 fully saturated rings. The predicted molar refractivity (Wildman–Crippen MR) is 106 cm³/mol. The number of benzene rings is 3. The minimum Gasteiger partial charge on any atom is -0.455 e. The number of carbonyl (C=O) groups is 2. The second-order valence-electron chi connectivity index (χ2n) is 6.41. The maximum absolute atomic E-state index is 12.1. The number of esters is 1. The molecular formula is C23H23NO3. The monoisotopic (exact) mass is 361 g/mol. The summed E-state index contributed by atoms with van der Waals surface area (Å²) in [4.78, 5) is 23.9. The number of rotatable bonds is 8. The summed E-state index contributed by atoms with van der Waals surface area (Å²) in [5.74, 6) is -0.667. The summed E-state index contributed by atoms with van der Waals surface area (Å²) in [6.45, 7) is 0.323. The third kappa shape index (κ3) is 5.68. The molecule has 0 aliphatic heterocycles. The van der Waals surface area contributed by atoms with Crippen LogP contribution in [0.2, 0.25) is 0 Å². The number of carbonyl (C=O) groups excluding carboxylic acids is 2. The number of fused-ring (bicyclic) bond motifs is 1. The van der Waals surface area contributed by atoms with Crippen LogP contribution in [0.3, 0.4) is 0 Å². The van der Waals surface area contributed by atoms with E-state index in [1.54, 1.807) is 0 Å². The summed E-state index contributed by atoms with van der Waals surface area (Å²) >= 11 is 0. The average molecular weight is 361 g/mol. The molecule has 0 heterocycles. The molecule has 0 spiro atoms. The Labute approximate surface area is 159 Å². The molecule has 0 radical (unpaired) electrons. The van der Waals surface area contributed by atoms with Crippen LogP contribution < -0.4 is 5.32 Å². The zero-order valence-electron chi connectivity index (χ0n) is 15.2. The van der Waals surface area contributed by atoms with Gasteiger partial charge in [-0.2, -0.15) is 0 Å². The molecule has 1 amide bonds. The van der Waals surface area contributed by atoms with Crippen molar-refractivity contribution in [3.8, 4) is 0 Å². The standard InChI is InChI=1S/C23H23NO3/c25-22(24-15-7-10-18-8-2-1-3-9-18)17-27-23(26)16-20-13-6-12-19-11-4-5-14-21(19)20/h1-6,8-9,11-14H,7,10,15-17H2,(H,24,25). The largest absolute Gasteiger partial charge is 0.455 e. The Morgan fingerprint density at radius 1 is 0.852 bits per heavy atom. The summed E-state index contributed by atoms with van der Waals surface area (Å²) in [5.41, 5.74) is 2.15. The first kappa shape index (κ1) is 18.6. The van der Waals surface area contributed by atoms with Gasteiger partial charge in [0.25, 0.3) is 5.91 Å². The molecule has 138 valence electrons. The Hall–Kier alpha value is -3.14. The topological polar surface area (TPSA) is 55.4 Å². The van der Waals surface area contributed by atoms with Gasteiger partial charge in [0.2, 0.25) is 0 Å². The van der Waals surface area contributed by atoms with E-state index in [4.69, 9.17) is 4.74 Å². The van der Waals surface area contributed by atoms with Gasteiger partial charge in [-0.15, -0.1) is 0 Å². The first-order valence-corrected chi connectivity index (χ1v) is 9.15. The van der Waals surface area contributed by atoms with Crippen molar-refractivity contribution in [1.82, 2.24) is 5.32 Å². The lowest BCUT2D eigenvalue weighted by molar-refractivity contribution is -0.147. The van der Waals surface area contributed by atoms with Gasteiger partial charge in [0.1, 0.15) is 0 Å². The zero-order valence-corrected chi connectivity index (χ0v) is 15.2. The highest BCUT2D eigenvalue weighted by Gasteiger charge is 2.10. The van der Waals surface area contributed by atoms with E-state index in [2.05, 4.69) is 17.4 Å². The average Bonchev–Trinajstić information content (AvgIpc) is 2.71. The van der Waals surface area contributed by atoms with Gasteiger partial charge in [0, 0.05) is 6.54 Å². The van der Waals surface area contributed by atoms with Crippen molar-refractivity contribution >= 4 is 22.6 Å². The summed E-state index contributed by atoms with van der Waals surface area (Å²) in [7, 11) is 0. The van der Waals surface area contributed by atoms with Crippen LogP contribution in [0.4, 0.5) is 0 Å². The number of hydrogen-bond donors (Lipinski definition) is 1. The minimum absolute atomic E-state index is 0.155. The summed E-state index contributed by atoms with van der Waals surface area (Å²) in [6, 6.07) is 23.9. The SMILES string of the molecule is O=C(COC(=O)Cc1cccc2ccccc12)NCCCc1ccccc1. The zero-order chi connectivity index (χ0) is 18.9. The molecule has 0 saturated heterocycles. The fraction of sp³-hybridized carbons (Fsp3) is 0.217. The fourth-order valence-corrected chi connectivity index (χ4v) is 3.02. The summed E-state index contributed by atoms with van der Waals surface area (Å²) < 4.78 is 5.12. The van der Waals surface area contributed by atoms with Crippen LogP contribution in [-0.2, 0) is 27.2 Å². The van der Waals surface area contributed by atoms with E-state index < -0.39 is 5.97 Å². The molecule has 0 aromatic heterocycles. The van der Waals surface area contributed by atoms with E-state index in [1.165, 1.54) is 5.56 Å². The Morgan fingerprint density at radius 2 is 1.59 bits per heavy atom. The van der Waals surface area contributed by atoms with Crippen molar-refractivity contribution < 1.29 is 14.3 Å². The molecule has 0 unspecified atom stereocenters. The summed E-state index contributed by atoms with van der Waals surface area (Å²) in [6.07, 6.45) is 1.91. The third-order valence-electron chi connectivity index (χ3n) is 4.39. The first-order chi connectivity index (χ1) is 13.2. The third-order valence-corrected chi connectivity index (χ3v) is 4.39. The number of hydrogen-bond acceptors (Lipinski definition) is 3. The highest BCUT2D eigenvalue weighted by atomic mass is 16.5. The van der Waals surface area contributed by atoms with Gasteiger partial charge in [-0.1, -0.05) is 72.8 Å². The van der Waals surface area contributed by atoms with Crippen LogP contribution in [0.25, 0.3) is 10.8 Å². The highest BCUT2D eigenvalue weighted by Crippen LogP contribution is 2.19. The number of amides is 1. The molecular weight excluding hydrogens is 338 g/mol. The number of nitrogens with one attached hydrogen (secondary N) is 1. The normalized spacial score (nSPS) is 10.5. The van der Waals surface area contributed by atoms with Gasteiger partial charge in [-0.05, 0) is 34.7 Å². The van der Waals surface area contributed by atoms with Crippen molar-refractivity contribution in [1.29, 1.82) is 0 Å². The molecule has 0 atom stereocenters. The number of ether oxygens (including phenoxy) is 1. The van der Waals surface area contributed by atoms with Crippen molar-refractivity contribution in [3.63, 3.8) is 0 Å². The lowest BCUT2D eigenvalue weighted by atomic mass is 10.0. The number of aryl methyl sites for hydroxylation is 1. The van der Waals surface area contributed by atoms with Crippen LogP contribution in [0.5, 0.6) is 0 Å². The van der Waals surface area contributed by atoms with Crippen molar-refractivity contribution in [2.45, 2.75) is 19.3 Å². The molecule has 1 N–H and O–H groups in total. The van der Waals surface area contributed by atoms with E-state index in [0.717, 1.165) is 29.2 Å². The van der Waals surface area contributed by atoms with Crippen LogP contribution >= 0.6 is 0 Å². The van der Waals surface area contributed by atoms with Crippen LogP contribution in [-0.4, -0.2) is 25.0 Å².